The molecule has 1 saturated carbocycles. The zero-order valence-electron chi connectivity index (χ0n) is 9.76. The molecule has 2 nitrogen and oxygen atoms in total. The van der Waals surface area contributed by atoms with Gasteiger partial charge in [0.2, 0.25) is 0 Å². The highest BCUT2D eigenvalue weighted by molar-refractivity contribution is 8.00. The number of aliphatic hydroxyl groups excluding tert-OH is 1. The molecule has 0 heterocycles. The molecule has 1 aliphatic rings. The monoisotopic (exact) mass is 217 g/mol. The topological polar surface area (TPSA) is 32.3 Å². The van der Waals surface area contributed by atoms with E-state index in [1.807, 2.05) is 11.8 Å². The maximum absolute atomic E-state index is 9.38. The Bertz CT molecular complexity index is 186. The van der Waals surface area contributed by atoms with Gasteiger partial charge in [0.05, 0.1) is 6.61 Å². The first-order valence-electron chi connectivity index (χ1n) is 5.37. The molecular weight excluding hydrogens is 194 g/mol. The third kappa shape index (κ3) is 4.67. The van der Waals surface area contributed by atoms with Crippen LogP contribution in [0, 0.1) is 0 Å². The van der Waals surface area contributed by atoms with Crippen molar-refractivity contribution in [2.45, 2.75) is 56.9 Å². The number of thioether (sulfide) groups is 1. The molecule has 1 atom stereocenters. The largest absolute Gasteiger partial charge is 0.394 e. The molecule has 0 amide bonds. The zero-order valence-corrected chi connectivity index (χ0v) is 10.6. The zero-order chi connectivity index (χ0) is 10.8. The van der Waals surface area contributed by atoms with Crippen molar-refractivity contribution in [3.63, 3.8) is 0 Å². The molecule has 0 aromatic carbocycles. The van der Waals surface area contributed by atoms with E-state index in [9.17, 15) is 5.11 Å². The third-order valence-corrected chi connectivity index (χ3v) is 3.95. The lowest BCUT2D eigenvalue weighted by Gasteiger charge is -2.31. The van der Waals surface area contributed by atoms with Crippen molar-refractivity contribution >= 4 is 11.8 Å². The predicted octanol–water partition coefficient (Wildman–Crippen LogP) is 2.02. The Kier molecular flexibility index (Phi) is 3.89. The maximum Gasteiger partial charge on any atom is 0.0618 e. The smallest absolute Gasteiger partial charge is 0.0618 e. The molecule has 0 radical (unpaired) electrons. The molecule has 14 heavy (non-hydrogen) atoms. The van der Waals surface area contributed by atoms with Crippen LogP contribution in [0.5, 0.6) is 0 Å². The van der Waals surface area contributed by atoms with E-state index in [2.05, 4.69) is 33.0 Å². The number of aliphatic hydroxyl groups is 1. The van der Waals surface area contributed by atoms with Gasteiger partial charge in [-0.3, -0.25) is 0 Å². The van der Waals surface area contributed by atoms with Crippen molar-refractivity contribution in [1.82, 2.24) is 5.32 Å². The molecule has 1 fully saturated rings. The molecule has 0 bridgehead atoms. The predicted molar refractivity (Wildman–Crippen MR) is 63.9 cm³/mol. The Morgan fingerprint density at radius 3 is 2.21 bits per heavy atom. The Morgan fingerprint density at radius 2 is 1.86 bits per heavy atom. The van der Waals surface area contributed by atoms with E-state index in [-0.39, 0.29) is 16.9 Å². The van der Waals surface area contributed by atoms with Gasteiger partial charge in [0.1, 0.15) is 0 Å². The molecule has 1 rings (SSSR count). The minimum Gasteiger partial charge on any atom is -0.394 e. The summed E-state index contributed by atoms with van der Waals surface area (Å²) in [5, 5.41) is 12.9. The summed E-state index contributed by atoms with van der Waals surface area (Å²) in [4.78, 5) is 0. The van der Waals surface area contributed by atoms with E-state index in [0.29, 0.717) is 6.04 Å². The van der Waals surface area contributed by atoms with Crippen molar-refractivity contribution in [2.75, 3.05) is 12.4 Å². The average Bonchev–Trinajstić information content (AvgIpc) is 2.84. The van der Waals surface area contributed by atoms with Crippen LogP contribution in [0.25, 0.3) is 0 Å². The highest BCUT2D eigenvalue weighted by atomic mass is 32.2. The number of nitrogens with one attached hydrogen (secondary N) is 1. The summed E-state index contributed by atoms with van der Waals surface area (Å²) in [5.41, 5.74) is -0.0981. The standard InChI is InChI=1S/C11H23NOS/c1-10(2,3)14-8-11(4,7-13)12-9-5-6-9/h9,12-13H,5-8H2,1-4H3. The second kappa shape index (κ2) is 4.42. The molecule has 2 N–H and O–H groups in total. The summed E-state index contributed by atoms with van der Waals surface area (Å²) in [6.07, 6.45) is 2.55. The van der Waals surface area contributed by atoms with Gasteiger partial charge in [-0.25, -0.2) is 0 Å². The quantitative estimate of drug-likeness (QED) is 0.739. The van der Waals surface area contributed by atoms with Gasteiger partial charge in [0.25, 0.3) is 0 Å². The van der Waals surface area contributed by atoms with Gasteiger partial charge in [-0.15, -0.1) is 0 Å². The van der Waals surface area contributed by atoms with Crippen LogP contribution in [0.15, 0.2) is 0 Å². The van der Waals surface area contributed by atoms with Gasteiger partial charge in [0, 0.05) is 22.1 Å². The summed E-state index contributed by atoms with van der Waals surface area (Å²) in [5.74, 6) is 0.976. The molecule has 3 heteroatoms. The molecular formula is C11H23NOS. The normalized spacial score (nSPS) is 22.1. The van der Waals surface area contributed by atoms with Crippen molar-refractivity contribution in [3.05, 3.63) is 0 Å². The van der Waals surface area contributed by atoms with Crippen LogP contribution in [-0.2, 0) is 0 Å². The molecule has 0 aliphatic heterocycles. The first-order chi connectivity index (χ1) is 6.35. The summed E-state index contributed by atoms with van der Waals surface area (Å²) in [7, 11) is 0. The van der Waals surface area contributed by atoms with Gasteiger partial charge in [-0.2, -0.15) is 11.8 Å². The Hall–Kier alpha value is 0.270. The van der Waals surface area contributed by atoms with Crippen molar-refractivity contribution in [1.29, 1.82) is 0 Å². The average molecular weight is 217 g/mol. The molecule has 0 aromatic rings. The van der Waals surface area contributed by atoms with Crippen LogP contribution in [-0.4, -0.2) is 33.8 Å². The van der Waals surface area contributed by atoms with Crippen LogP contribution < -0.4 is 5.32 Å². The second-order valence-corrected chi connectivity index (χ2v) is 7.34. The van der Waals surface area contributed by atoms with E-state index < -0.39 is 0 Å². The van der Waals surface area contributed by atoms with E-state index in [1.165, 1.54) is 12.8 Å². The van der Waals surface area contributed by atoms with Gasteiger partial charge in [-0.05, 0) is 19.8 Å². The third-order valence-electron chi connectivity index (χ3n) is 2.30. The van der Waals surface area contributed by atoms with Crippen LogP contribution in [0.2, 0.25) is 0 Å². The highest BCUT2D eigenvalue weighted by Crippen LogP contribution is 2.29. The lowest BCUT2D eigenvalue weighted by Crippen LogP contribution is -2.49. The first-order valence-corrected chi connectivity index (χ1v) is 6.36. The summed E-state index contributed by atoms with van der Waals surface area (Å²) >= 11 is 1.91. The fourth-order valence-corrected chi connectivity index (χ4v) is 2.16. The summed E-state index contributed by atoms with van der Waals surface area (Å²) in [6.45, 7) is 8.99. The van der Waals surface area contributed by atoms with E-state index in [4.69, 9.17) is 0 Å². The van der Waals surface area contributed by atoms with Gasteiger partial charge >= 0.3 is 0 Å². The van der Waals surface area contributed by atoms with Crippen LogP contribution in [0.4, 0.5) is 0 Å². The van der Waals surface area contributed by atoms with Crippen molar-refractivity contribution in [2.24, 2.45) is 0 Å². The van der Waals surface area contributed by atoms with E-state index in [0.717, 1.165) is 5.75 Å². The molecule has 0 saturated heterocycles. The lowest BCUT2D eigenvalue weighted by molar-refractivity contribution is 0.190. The second-order valence-electron chi connectivity index (χ2n) is 5.54. The summed E-state index contributed by atoms with van der Waals surface area (Å²) in [6, 6.07) is 0.660. The maximum atomic E-state index is 9.38. The molecule has 0 spiro atoms. The molecule has 1 aliphatic carbocycles. The summed E-state index contributed by atoms with van der Waals surface area (Å²) < 4.78 is 0.279. The van der Waals surface area contributed by atoms with Crippen LogP contribution in [0.1, 0.15) is 40.5 Å². The number of hydrogen-bond donors (Lipinski definition) is 2. The molecule has 84 valence electrons. The minimum absolute atomic E-state index is 0.0981. The van der Waals surface area contributed by atoms with E-state index in [1.54, 1.807) is 0 Å². The fourth-order valence-electron chi connectivity index (χ4n) is 1.23. The van der Waals surface area contributed by atoms with Crippen LogP contribution in [0.3, 0.4) is 0 Å². The van der Waals surface area contributed by atoms with Gasteiger partial charge in [0.15, 0.2) is 0 Å². The lowest BCUT2D eigenvalue weighted by atomic mass is 10.1. The molecule has 1 unspecified atom stereocenters. The highest BCUT2D eigenvalue weighted by Gasteiger charge is 2.32. The van der Waals surface area contributed by atoms with Crippen molar-refractivity contribution < 1.29 is 5.11 Å². The van der Waals surface area contributed by atoms with Gasteiger partial charge in [-0.1, -0.05) is 20.8 Å². The van der Waals surface area contributed by atoms with Gasteiger partial charge < -0.3 is 10.4 Å². The SMILES string of the molecule is CC(CO)(CSC(C)(C)C)NC1CC1. The Morgan fingerprint density at radius 1 is 1.29 bits per heavy atom. The Balaban J connectivity index is 2.35. The number of hydrogen-bond acceptors (Lipinski definition) is 3. The first kappa shape index (κ1) is 12.3. The number of rotatable bonds is 5. The Labute approximate surface area is 91.9 Å². The minimum atomic E-state index is -0.0981. The van der Waals surface area contributed by atoms with E-state index >= 15 is 0 Å². The van der Waals surface area contributed by atoms with Crippen LogP contribution >= 0.6 is 11.8 Å². The van der Waals surface area contributed by atoms with Crippen molar-refractivity contribution in [3.8, 4) is 0 Å². The fraction of sp³-hybridized carbons (Fsp3) is 1.00. The molecule has 0 aromatic heterocycles.